The van der Waals surface area contributed by atoms with E-state index in [4.69, 9.17) is 16.7 Å². The highest BCUT2D eigenvalue weighted by Gasteiger charge is 2.06. The minimum absolute atomic E-state index is 0.0224. The van der Waals surface area contributed by atoms with Gasteiger partial charge in [-0.2, -0.15) is 0 Å². The first-order chi connectivity index (χ1) is 5.83. The van der Waals surface area contributed by atoms with E-state index in [1.165, 1.54) is 0 Å². The van der Waals surface area contributed by atoms with Crippen molar-refractivity contribution in [3.05, 3.63) is 29.2 Å². The minimum atomic E-state index is -0.0224. The molecule has 2 aromatic rings. The van der Waals surface area contributed by atoms with Gasteiger partial charge in [-0.15, -0.1) is 0 Å². The van der Waals surface area contributed by atoms with Crippen molar-refractivity contribution in [1.82, 2.24) is 9.97 Å². The van der Waals surface area contributed by atoms with Crippen molar-refractivity contribution in [2.75, 3.05) is 0 Å². The second-order valence-electron chi connectivity index (χ2n) is 2.50. The summed E-state index contributed by atoms with van der Waals surface area (Å²) in [5.74, 6) is 0. The van der Waals surface area contributed by atoms with Crippen molar-refractivity contribution in [2.24, 2.45) is 0 Å². The fourth-order valence-corrected chi connectivity index (χ4v) is 1.50. The van der Waals surface area contributed by atoms with E-state index < -0.39 is 0 Å². The lowest BCUT2D eigenvalue weighted by atomic mass is 10.2. The number of rotatable bonds is 1. The normalized spacial score (nSPS) is 10.8. The summed E-state index contributed by atoms with van der Waals surface area (Å²) in [6, 6.07) is 1.82. The van der Waals surface area contributed by atoms with E-state index in [1.54, 1.807) is 12.4 Å². The molecule has 2 rings (SSSR count). The molecule has 0 spiro atoms. The van der Waals surface area contributed by atoms with E-state index in [9.17, 15) is 0 Å². The number of fused-ring (bicyclic) bond motifs is 1. The van der Waals surface area contributed by atoms with Gasteiger partial charge in [0.15, 0.2) is 0 Å². The maximum Gasteiger partial charge on any atom is 0.138 e. The molecule has 0 bridgehead atoms. The predicted octanol–water partition coefficient (Wildman–Crippen LogP) is 1.71. The highest BCUT2D eigenvalue weighted by molar-refractivity contribution is 6.34. The zero-order chi connectivity index (χ0) is 8.55. The molecule has 0 unspecified atom stereocenters. The Kier molecular flexibility index (Phi) is 1.75. The molecule has 0 radical (unpaired) electrons. The molecule has 0 fully saturated rings. The van der Waals surface area contributed by atoms with Crippen LogP contribution in [0.5, 0.6) is 0 Å². The number of hydrogen-bond acceptors (Lipinski definition) is 2. The molecule has 4 heteroatoms. The lowest BCUT2D eigenvalue weighted by Gasteiger charge is -1.94. The van der Waals surface area contributed by atoms with Gasteiger partial charge in [0.25, 0.3) is 0 Å². The van der Waals surface area contributed by atoms with Gasteiger partial charge in [-0.25, -0.2) is 4.98 Å². The van der Waals surface area contributed by atoms with Gasteiger partial charge in [0.1, 0.15) is 5.15 Å². The van der Waals surface area contributed by atoms with Gasteiger partial charge in [-0.3, -0.25) is 0 Å². The number of aromatic amines is 1. The number of nitrogens with zero attached hydrogens (tertiary/aromatic N) is 1. The van der Waals surface area contributed by atoms with Crippen LogP contribution in [-0.4, -0.2) is 15.1 Å². The Hall–Kier alpha value is -1.06. The number of pyridine rings is 1. The molecule has 2 N–H and O–H groups in total. The van der Waals surface area contributed by atoms with Crippen LogP contribution in [0.2, 0.25) is 5.15 Å². The molecule has 0 aliphatic carbocycles. The van der Waals surface area contributed by atoms with Crippen LogP contribution < -0.4 is 0 Å². The molecule has 12 heavy (non-hydrogen) atoms. The average molecular weight is 183 g/mol. The number of halogens is 1. The molecule has 2 aromatic heterocycles. The molecule has 2 heterocycles. The van der Waals surface area contributed by atoms with E-state index in [1.807, 2.05) is 6.07 Å². The van der Waals surface area contributed by atoms with E-state index in [0.717, 1.165) is 16.5 Å². The third-order valence-electron chi connectivity index (χ3n) is 1.80. The Morgan fingerprint density at radius 3 is 3.17 bits per heavy atom. The van der Waals surface area contributed by atoms with Crippen molar-refractivity contribution in [2.45, 2.75) is 6.61 Å². The van der Waals surface area contributed by atoms with Crippen molar-refractivity contribution in [3.63, 3.8) is 0 Å². The number of H-pyrrole nitrogens is 1. The van der Waals surface area contributed by atoms with E-state index >= 15 is 0 Å². The maximum absolute atomic E-state index is 8.94. The predicted molar refractivity (Wildman–Crippen MR) is 47.0 cm³/mol. The van der Waals surface area contributed by atoms with Crippen LogP contribution in [0.15, 0.2) is 18.5 Å². The summed E-state index contributed by atoms with van der Waals surface area (Å²) in [6.07, 6.45) is 3.36. The summed E-state index contributed by atoms with van der Waals surface area (Å²) in [7, 11) is 0. The molecule has 0 saturated carbocycles. The highest BCUT2D eigenvalue weighted by Crippen LogP contribution is 2.23. The molecule has 3 nitrogen and oxygen atoms in total. The lowest BCUT2D eigenvalue weighted by Crippen LogP contribution is -1.81. The molecule has 0 atom stereocenters. The Bertz CT molecular complexity index is 410. The second-order valence-corrected chi connectivity index (χ2v) is 2.85. The van der Waals surface area contributed by atoms with Crippen LogP contribution in [0.25, 0.3) is 10.9 Å². The van der Waals surface area contributed by atoms with Crippen LogP contribution in [0.3, 0.4) is 0 Å². The Balaban J connectivity index is 2.83. The van der Waals surface area contributed by atoms with Gasteiger partial charge in [0.05, 0.1) is 12.1 Å². The summed E-state index contributed by atoms with van der Waals surface area (Å²) >= 11 is 5.84. The monoisotopic (exact) mass is 182 g/mol. The summed E-state index contributed by atoms with van der Waals surface area (Å²) in [5.41, 5.74) is 1.68. The topological polar surface area (TPSA) is 48.9 Å². The first-order valence-corrected chi connectivity index (χ1v) is 3.92. The summed E-state index contributed by atoms with van der Waals surface area (Å²) < 4.78 is 0. The number of aliphatic hydroxyl groups excluding tert-OH is 1. The summed E-state index contributed by atoms with van der Waals surface area (Å²) in [5, 5.41) is 10.2. The van der Waals surface area contributed by atoms with Crippen molar-refractivity contribution in [1.29, 1.82) is 0 Å². The molecule has 0 amide bonds. The fourth-order valence-electron chi connectivity index (χ4n) is 1.22. The van der Waals surface area contributed by atoms with Gasteiger partial charge in [0, 0.05) is 23.3 Å². The van der Waals surface area contributed by atoms with Gasteiger partial charge >= 0.3 is 0 Å². The molecule has 0 saturated heterocycles. The molecule has 0 aliphatic rings. The quantitative estimate of drug-likeness (QED) is 0.660. The first kappa shape index (κ1) is 7.58. The lowest BCUT2D eigenvalue weighted by molar-refractivity contribution is 0.283. The number of nitrogens with one attached hydrogen (secondary N) is 1. The average Bonchev–Trinajstić information content (AvgIpc) is 2.49. The van der Waals surface area contributed by atoms with Crippen LogP contribution >= 0.6 is 11.6 Å². The highest BCUT2D eigenvalue weighted by atomic mass is 35.5. The summed E-state index contributed by atoms with van der Waals surface area (Å²) in [4.78, 5) is 6.92. The van der Waals surface area contributed by atoms with Gasteiger partial charge in [0.2, 0.25) is 0 Å². The number of aromatic nitrogens is 2. The maximum atomic E-state index is 8.94. The van der Waals surface area contributed by atoms with Crippen molar-refractivity contribution < 1.29 is 5.11 Å². The van der Waals surface area contributed by atoms with Crippen LogP contribution in [0.1, 0.15) is 5.56 Å². The van der Waals surface area contributed by atoms with Gasteiger partial charge in [-0.05, 0) is 6.07 Å². The Labute approximate surface area is 74.0 Å². The molecular formula is C8H7ClN2O. The molecular weight excluding hydrogens is 176 g/mol. The number of hydrogen-bond donors (Lipinski definition) is 2. The van der Waals surface area contributed by atoms with Crippen molar-refractivity contribution >= 4 is 22.5 Å². The van der Waals surface area contributed by atoms with E-state index in [-0.39, 0.29) is 6.61 Å². The SMILES string of the molecule is OCc1c[nH]c2ccnc(Cl)c12. The van der Waals surface area contributed by atoms with Crippen LogP contribution in [-0.2, 0) is 6.61 Å². The van der Waals surface area contributed by atoms with Crippen LogP contribution in [0.4, 0.5) is 0 Å². The van der Waals surface area contributed by atoms with E-state index in [2.05, 4.69) is 9.97 Å². The first-order valence-electron chi connectivity index (χ1n) is 3.54. The largest absolute Gasteiger partial charge is 0.392 e. The van der Waals surface area contributed by atoms with Crippen LogP contribution in [0, 0.1) is 0 Å². The van der Waals surface area contributed by atoms with Crippen molar-refractivity contribution in [3.8, 4) is 0 Å². The molecule has 0 aromatic carbocycles. The second kappa shape index (κ2) is 2.77. The number of aliphatic hydroxyl groups is 1. The summed E-state index contributed by atoms with van der Waals surface area (Å²) in [6.45, 7) is -0.0224. The van der Waals surface area contributed by atoms with E-state index in [0.29, 0.717) is 5.15 Å². The third-order valence-corrected chi connectivity index (χ3v) is 2.08. The fraction of sp³-hybridized carbons (Fsp3) is 0.125. The Morgan fingerprint density at radius 2 is 2.42 bits per heavy atom. The standard InChI is InChI=1S/C8H7ClN2O/c9-8-7-5(4-12)3-11-6(7)1-2-10-8/h1-3,11-12H,4H2. The van der Waals surface area contributed by atoms with Gasteiger partial charge < -0.3 is 10.1 Å². The molecule has 0 aliphatic heterocycles. The Morgan fingerprint density at radius 1 is 1.58 bits per heavy atom. The minimum Gasteiger partial charge on any atom is -0.392 e. The molecule has 62 valence electrons. The third kappa shape index (κ3) is 0.983. The zero-order valence-electron chi connectivity index (χ0n) is 6.21. The zero-order valence-corrected chi connectivity index (χ0v) is 6.97. The smallest absolute Gasteiger partial charge is 0.138 e. The van der Waals surface area contributed by atoms with Gasteiger partial charge in [-0.1, -0.05) is 11.6 Å².